The van der Waals surface area contributed by atoms with E-state index >= 15 is 0 Å². The molecule has 0 radical (unpaired) electrons. The van der Waals surface area contributed by atoms with Crippen LogP contribution in [0.5, 0.6) is 0 Å². The molecule has 0 unspecified atom stereocenters. The Morgan fingerprint density at radius 1 is 1.12 bits per heavy atom. The Morgan fingerprint density at radius 3 is 2.52 bits per heavy atom. The van der Waals surface area contributed by atoms with Crippen molar-refractivity contribution in [3.05, 3.63) is 65.0 Å². The Balaban J connectivity index is 1.62. The lowest BCUT2D eigenvalue weighted by Crippen LogP contribution is -2.29. The van der Waals surface area contributed by atoms with Crippen molar-refractivity contribution in [1.82, 2.24) is 0 Å². The second kappa shape index (κ2) is 7.49. The number of anilines is 1. The van der Waals surface area contributed by atoms with Crippen LogP contribution in [0.4, 0.5) is 5.69 Å². The van der Waals surface area contributed by atoms with E-state index in [-0.39, 0.29) is 5.91 Å². The van der Waals surface area contributed by atoms with Gasteiger partial charge in [-0.3, -0.25) is 4.79 Å². The van der Waals surface area contributed by atoms with Crippen LogP contribution in [0.25, 0.3) is 10.1 Å². The summed E-state index contributed by atoms with van der Waals surface area (Å²) in [5.74, 6) is -0.830. The van der Waals surface area contributed by atoms with Crippen LogP contribution in [0.15, 0.2) is 54.6 Å². The van der Waals surface area contributed by atoms with Crippen molar-refractivity contribution in [2.24, 2.45) is 0 Å². The molecule has 1 aromatic heterocycles. The molecule has 0 fully saturated rings. The van der Waals surface area contributed by atoms with Gasteiger partial charge in [0.25, 0.3) is 5.91 Å². The Morgan fingerprint density at radius 2 is 1.84 bits per heavy atom. The summed E-state index contributed by atoms with van der Waals surface area (Å²) in [6, 6.07) is 17.1. The molecule has 3 aromatic rings. The van der Waals surface area contributed by atoms with Crippen molar-refractivity contribution in [3.63, 3.8) is 0 Å². The lowest BCUT2D eigenvalue weighted by molar-refractivity contribution is -0.123. The molecule has 4 nitrogen and oxygen atoms in total. The van der Waals surface area contributed by atoms with Crippen molar-refractivity contribution < 1.29 is 14.3 Å². The predicted molar refractivity (Wildman–Crippen MR) is 101 cm³/mol. The second-order valence-electron chi connectivity index (χ2n) is 5.74. The first-order valence-electron chi connectivity index (χ1n) is 8.16. The third-order valence-electron chi connectivity index (χ3n) is 3.91. The van der Waals surface area contributed by atoms with Gasteiger partial charge in [-0.15, -0.1) is 11.3 Å². The minimum Gasteiger partial charge on any atom is -0.448 e. The summed E-state index contributed by atoms with van der Waals surface area (Å²) in [4.78, 5) is 25.0. The molecule has 25 heavy (non-hydrogen) atoms. The molecule has 1 atom stereocenters. The summed E-state index contributed by atoms with van der Waals surface area (Å²) in [6.07, 6.45) is 0.0702. The molecular formula is C20H19NO3S. The van der Waals surface area contributed by atoms with Crippen LogP contribution in [0.1, 0.15) is 29.1 Å². The fourth-order valence-corrected chi connectivity index (χ4v) is 3.37. The average Bonchev–Trinajstić information content (AvgIpc) is 3.06. The van der Waals surface area contributed by atoms with E-state index in [2.05, 4.69) is 12.2 Å². The van der Waals surface area contributed by atoms with Crippen molar-refractivity contribution in [2.45, 2.75) is 26.4 Å². The summed E-state index contributed by atoms with van der Waals surface area (Å²) in [7, 11) is 0. The van der Waals surface area contributed by atoms with Gasteiger partial charge >= 0.3 is 5.97 Å². The third-order valence-corrected chi connectivity index (χ3v) is 5.01. The number of hydrogen-bond acceptors (Lipinski definition) is 4. The first kappa shape index (κ1) is 17.2. The number of rotatable bonds is 5. The minimum atomic E-state index is -0.872. The number of ether oxygens (including phenoxy) is 1. The monoisotopic (exact) mass is 353 g/mol. The zero-order valence-electron chi connectivity index (χ0n) is 14.1. The van der Waals surface area contributed by atoms with Crippen LogP contribution in [0, 0.1) is 0 Å². The molecule has 0 aliphatic rings. The number of amides is 1. The molecule has 0 bridgehead atoms. The van der Waals surface area contributed by atoms with Crippen LogP contribution >= 0.6 is 11.3 Å². The Bertz CT molecular complexity index is 866. The van der Waals surface area contributed by atoms with Gasteiger partial charge in [-0.1, -0.05) is 37.3 Å². The van der Waals surface area contributed by atoms with Crippen LogP contribution in [-0.2, 0) is 16.0 Å². The molecule has 0 aliphatic heterocycles. The normalized spacial score (nSPS) is 11.9. The molecule has 1 amide bonds. The lowest BCUT2D eigenvalue weighted by atomic mass is 10.1. The minimum absolute atomic E-state index is 0.348. The van der Waals surface area contributed by atoms with Crippen LogP contribution in [0.3, 0.4) is 0 Å². The fourth-order valence-electron chi connectivity index (χ4n) is 2.42. The Kier molecular flexibility index (Phi) is 5.14. The molecule has 2 aromatic carbocycles. The summed E-state index contributed by atoms with van der Waals surface area (Å²) in [5, 5.41) is 3.76. The zero-order chi connectivity index (χ0) is 17.8. The van der Waals surface area contributed by atoms with Gasteiger partial charge in [0.15, 0.2) is 6.10 Å². The quantitative estimate of drug-likeness (QED) is 0.680. The lowest BCUT2D eigenvalue weighted by Gasteiger charge is -2.13. The van der Waals surface area contributed by atoms with Gasteiger partial charge in [0.05, 0.1) is 0 Å². The van der Waals surface area contributed by atoms with E-state index in [9.17, 15) is 9.59 Å². The number of aryl methyl sites for hydroxylation is 1. The summed E-state index contributed by atoms with van der Waals surface area (Å²) in [5.41, 5.74) is 1.88. The third kappa shape index (κ3) is 4.06. The number of thiophene rings is 1. The molecule has 5 heteroatoms. The van der Waals surface area contributed by atoms with Crippen molar-refractivity contribution in [3.8, 4) is 0 Å². The summed E-state index contributed by atoms with van der Waals surface area (Å²) < 4.78 is 6.32. The average molecular weight is 353 g/mol. The van der Waals surface area contributed by atoms with Gasteiger partial charge in [-0.25, -0.2) is 4.79 Å². The number of carbonyl (C=O) groups is 2. The largest absolute Gasteiger partial charge is 0.448 e. The van der Waals surface area contributed by atoms with Crippen LogP contribution in [0.2, 0.25) is 0 Å². The molecule has 0 spiro atoms. The Labute approximate surface area is 150 Å². The number of fused-ring (bicyclic) bond motifs is 1. The van der Waals surface area contributed by atoms with Crippen molar-refractivity contribution >= 4 is 39.0 Å². The molecule has 1 heterocycles. The fraction of sp³-hybridized carbons (Fsp3) is 0.200. The highest BCUT2D eigenvalue weighted by Gasteiger charge is 2.20. The maximum absolute atomic E-state index is 12.3. The van der Waals surface area contributed by atoms with Gasteiger partial charge in [-0.2, -0.15) is 0 Å². The first-order valence-corrected chi connectivity index (χ1v) is 8.98. The summed E-state index contributed by atoms with van der Waals surface area (Å²) in [6.45, 7) is 3.64. The number of esters is 1. The van der Waals surface area contributed by atoms with Crippen molar-refractivity contribution in [1.29, 1.82) is 0 Å². The predicted octanol–water partition coefficient (Wildman–Crippen LogP) is 4.65. The highest BCUT2D eigenvalue weighted by atomic mass is 32.1. The van der Waals surface area contributed by atoms with Crippen LogP contribution < -0.4 is 5.32 Å². The zero-order valence-corrected chi connectivity index (χ0v) is 14.9. The number of carbonyl (C=O) groups excluding carboxylic acids is 2. The molecule has 3 rings (SSSR count). The SMILES string of the molecule is CCc1ccc(NC(=O)[C@H](C)OC(=O)c2cc3ccccc3s2)cc1. The smallest absolute Gasteiger partial charge is 0.349 e. The van der Waals surface area contributed by atoms with E-state index in [1.54, 1.807) is 13.0 Å². The van der Waals surface area contributed by atoms with E-state index < -0.39 is 12.1 Å². The van der Waals surface area contributed by atoms with Crippen molar-refractivity contribution in [2.75, 3.05) is 5.32 Å². The molecule has 128 valence electrons. The molecule has 0 aliphatic carbocycles. The summed E-state index contributed by atoms with van der Waals surface area (Å²) >= 11 is 1.36. The van der Waals surface area contributed by atoms with E-state index in [0.717, 1.165) is 16.5 Å². The molecule has 0 saturated heterocycles. The van der Waals surface area contributed by atoms with Crippen LogP contribution in [-0.4, -0.2) is 18.0 Å². The van der Waals surface area contributed by atoms with E-state index in [0.29, 0.717) is 10.6 Å². The van der Waals surface area contributed by atoms with Gasteiger partial charge in [-0.05, 0) is 48.6 Å². The van der Waals surface area contributed by atoms with Gasteiger partial charge < -0.3 is 10.1 Å². The highest BCUT2D eigenvalue weighted by Crippen LogP contribution is 2.26. The highest BCUT2D eigenvalue weighted by molar-refractivity contribution is 7.20. The molecule has 1 N–H and O–H groups in total. The van der Waals surface area contributed by atoms with Gasteiger partial charge in [0.1, 0.15) is 4.88 Å². The first-order chi connectivity index (χ1) is 12.1. The van der Waals surface area contributed by atoms with E-state index in [1.807, 2.05) is 48.5 Å². The standard InChI is InChI=1S/C20H19NO3S/c1-3-14-8-10-16(11-9-14)21-19(22)13(2)24-20(23)18-12-15-6-4-5-7-17(15)25-18/h4-13H,3H2,1-2H3,(H,21,22)/t13-/m0/s1. The van der Waals surface area contributed by atoms with Gasteiger partial charge in [0.2, 0.25) is 0 Å². The second-order valence-corrected chi connectivity index (χ2v) is 6.82. The topological polar surface area (TPSA) is 55.4 Å². The van der Waals surface area contributed by atoms with E-state index in [1.165, 1.54) is 16.9 Å². The maximum atomic E-state index is 12.3. The maximum Gasteiger partial charge on any atom is 0.349 e. The molecular weight excluding hydrogens is 334 g/mol. The van der Waals surface area contributed by atoms with E-state index in [4.69, 9.17) is 4.74 Å². The Hall–Kier alpha value is -2.66. The number of hydrogen-bond donors (Lipinski definition) is 1. The molecule has 0 saturated carbocycles. The van der Waals surface area contributed by atoms with Gasteiger partial charge in [0, 0.05) is 10.4 Å². The number of nitrogens with one attached hydrogen (secondary N) is 1. The number of benzene rings is 2.